The van der Waals surface area contributed by atoms with E-state index in [0.29, 0.717) is 12.0 Å². The Kier molecular flexibility index (Phi) is 4.67. The topological polar surface area (TPSA) is 24.9 Å². The number of thiazole rings is 1. The Balaban J connectivity index is 2.30. The highest BCUT2D eigenvalue weighted by molar-refractivity contribution is 7.09. The van der Waals surface area contributed by atoms with Gasteiger partial charge in [-0.05, 0) is 38.5 Å². The summed E-state index contributed by atoms with van der Waals surface area (Å²) in [7, 11) is 0. The van der Waals surface area contributed by atoms with Gasteiger partial charge in [0.25, 0.3) is 0 Å². The van der Waals surface area contributed by atoms with Gasteiger partial charge in [-0.25, -0.2) is 4.98 Å². The molecule has 0 spiro atoms. The van der Waals surface area contributed by atoms with Gasteiger partial charge in [-0.15, -0.1) is 11.3 Å². The lowest BCUT2D eigenvalue weighted by molar-refractivity contribution is 0.174. The van der Waals surface area contributed by atoms with Crippen molar-refractivity contribution in [3.05, 3.63) is 16.1 Å². The summed E-state index contributed by atoms with van der Waals surface area (Å²) >= 11 is 1.85. The van der Waals surface area contributed by atoms with E-state index in [-0.39, 0.29) is 5.54 Å². The van der Waals surface area contributed by atoms with Crippen LogP contribution in [-0.4, -0.2) is 11.0 Å². The monoisotopic (exact) mass is 280 g/mol. The van der Waals surface area contributed by atoms with Gasteiger partial charge in [-0.3, -0.25) is 0 Å². The van der Waals surface area contributed by atoms with Crippen LogP contribution < -0.4 is 5.32 Å². The van der Waals surface area contributed by atoms with Gasteiger partial charge in [0.1, 0.15) is 5.01 Å². The highest BCUT2D eigenvalue weighted by Crippen LogP contribution is 2.41. The predicted octanol–water partition coefficient (Wildman–Crippen LogP) is 4.67. The maximum atomic E-state index is 4.95. The third-order valence-corrected chi connectivity index (χ3v) is 5.15. The molecule has 2 unspecified atom stereocenters. The molecule has 1 aliphatic rings. The fraction of sp³-hybridized carbons (Fsp3) is 0.812. The Labute approximate surface area is 122 Å². The Morgan fingerprint density at radius 1 is 1.37 bits per heavy atom. The molecule has 1 aromatic rings. The Bertz CT molecular complexity index is 407. The average molecular weight is 280 g/mol. The smallest absolute Gasteiger partial charge is 0.113 e. The summed E-state index contributed by atoms with van der Waals surface area (Å²) in [5.74, 6) is 1.33. The second-order valence-electron chi connectivity index (χ2n) is 6.81. The summed E-state index contributed by atoms with van der Waals surface area (Å²) in [5, 5.41) is 7.41. The van der Waals surface area contributed by atoms with E-state index in [0.717, 1.165) is 5.92 Å². The van der Waals surface area contributed by atoms with E-state index in [1.807, 2.05) is 11.3 Å². The second-order valence-corrected chi connectivity index (χ2v) is 7.67. The van der Waals surface area contributed by atoms with Crippen molar-refractivity contribution >= 4 is 11.3 Å². The van der Waals surface area contributed by atoms with E-state index in [1.165, 1.54) is 36.4 Å². The minimum absolute atomic E-state index is 0.129. The molecule has 1 aromatic heterocycles. The SMILES string of the molecule is CC1CCCC(NC(C)C)(c2nc(C(C)C)cs2)C1. The van der Waals surface area contributed by atoms with Crippen molar-refractivity contribution in [2.24, 2.45) is 5.92 Å². The Morgan fingerprint density at radius 3 is 2.63 bits per heavy atom. The molecule has 1 aliphatic carbocycles. The van der Waals surface area contributed by atoms with Crippen LogP contribution >= 0.6 is 11.3 Å². The molecule has 2 rings (SSSR count). The minimum Gasteiger partial charge on any atom is -0.303 e. The first-order valence-corrected chi connectivity index (χ1v) is 8.54. The van der Waals surface area contributed by atoms with Crippen molar-refractivity contribution in [3.63, 3.8) is 0 Å². The first-order chi connectivity index (χ1) is 8.93. The molecule has 0 amide bonds. The maximum absolute atomic E-state index is 4.95. The van der Waals surface area contributed by atoms with Crippen molar-refractivity contribution < 1.29 is 0 Å². The van der Waals surface area contributed by atoms with Crippen LogP contribution in [0.5, 0.6) is 0 Å². The highest BCUT2D eigenvalue weighted by atomic mass is 32.1. The summed E-state index contributed by atoms with van der Waals surface area (Å²) in [6, 6.07) is 0.511. The summed E-state index contributed by atoms with van der Waals surface area (Å²) in [4.78, 5) is 4.95. The van der Waals surface area contributed by atoms with Crippen LogP contribution in [0.15, 0.2) is 5.38 Å². The molecule has 1 heterocycles. The van der Waals surface area contributed by atoms with Crippen molar-refractivity contribution in [2.45, 2.75) is 77.8 Å². The predicted molar refractivity (Wildman–Crippen MR) is 83.8 cm³/mol. The van der Waals surface area contributed by atoms with Gasteiger partial charge >= 0.3 is 0 Å². The fourth-order valence-electron chi connectivity index (χ4n) is 3.26. The molecule has 0 saturated heterocycles. The zero-order valence-corrected chi connectivity index (χ0v) is 13.8. The molecule has 0 aromatic carbocycles. The van der Waals surface area contributed by atoms with Gasteiger partial charge in [0.2, 0.25) is 0 Å². The summed E-state index contributed by atoms with van der Waals surface area (Å²) in [5.41, 5.74) is 1.38. The van der Waals surface area contributed by atoms with Gasteiger partial charge in [0.15, 0.2) is 0 Å². The molecule has 0 bridgehead atoms. The molecular formula is C16H28N2S. The molecule has 19 heavy (non-hydrogen) atoms. The molecule has 2 atom stereocenters. The van der Waals surface area contributed by atoms with Crippen LogP contribution in [0, 0.1) is 5.92 Å². The standard InChI is InChI=1S/C16H28N2S/c1-11(2)14-10-19-15(17-14)16(18-12(3)4)8-6-7-13(5)9-16/h10-13,18H,6-9H2,1-5H3. The molecule has 108 valence electrons. The third-order valence-electron chi connectivity index (χ3n) is 4.09. The van der Waals surface area contributed by atoms with Crippen LogP contribution in [0.3, 0.4) is 0 Å². The van der Waals surface area contributed by atoms with Crippen LogP contribution in [0.2, 0.25) is 0 Å². The van der Waals surface area contributed by atoms with Gasteiger partial charge < -0.3 is 5.32 Å². The lowest BCUT2D eigenvalue weighted by atomic mass is 9.76. The van der Waals surface area contributed by atoms with Gasteiger partial charge in [-0.2, -0.15) is 0 Å². The number of rotatable bonds is 4. The summed E-state index contributed by atoms with van der Waals surface area (Å²) in [6.07, 6.45) is 5.15. The van der Waals surface area contributed by atoms with Gasteiger partial charge in [-0.1, -0.05) is 33.6 Å². The van der Waals surface area contributed by atoms with Crippen LogP contribution in [-0.2, 0) is 5.54 Å². The van der Waals surface area contributed by atoms with Gasteiger partial charge in [0.05, 0.1) is 11.2 Å². The van der Waals surface area contributed by atoms with E-state index in [2.05, 4.69) is 45.3 Å². The highest BCUT2D eigenvalue weighted by Gasteiger charge is 2.39. The van der Waals surface area contributed by atoms with Gasteiger partial charge in [0, 0.05) is 11.4 Å². The maximum Gasteiger partial charge on any atom is 0.113 e. The van der Waals surface area contributed by atoms with E-state index < -0.39 is 0 Å². The molecule has 1 fully saturated rings. The normalized spacial score (nSPS) is 28.3. The number of nitrogens with zero attached hydrogens (tertiary/aromatic N) is 1. The summed E-state index contributed by atoms with van der Waals surface area (Å²) < 4.78 is 0. The van der Waals surface area contributed by atoms with Crippen molar-refractivity contribution in [1.82, 2.24) is 10.3 Å². The minimum atomic E-state index is 0.129. The Morgan fingerprint density at radius 2 is 2.11 bits per heavy atom. The molecule has 1 N–H and O–H groups in total. The number of nitrogens with one attached hydrogen (secondary N) is 1. The molecular weight excluding hydrogens is 252 g/mol. The molecule has 0 aliphatic heterocycles. The lowest BCUT2D eigenvalue weighted by Gasteiger charge is -2.41. The first kappa shape index (κ1) is 15.0. The third kappa shape index (κ3) is 3.38. The van der Waals surface area contributed by atoms with Crippen molar-refractivity contribution in [3.8, 4) is 0 Å². The van der Waals surface area contributed by atoms with E-state index in [9.17, 15) is 0 Å². The average Bonchev–Trinajstić information content (AvgIpc) is 2.77. The molecule has 0 radical (unpaired) electrons. The van der Waals surface area contributed by atoms with Crippen LogP contribution in [0.1, 0.15) is 76.9 Å². The summed E-state index contributed by atoms with van der Waals surface area (Å²) in [6.45, 7) is 11.3. The van der Waals surface area contributed by atoms with E-state index in [1.54, 1.807) is 0 Å². The quantitative estimate of drug-likeness (QED) is 0.867. The molecule has 2 nitrogen and oxygen atoms in total. The first-order valence-electron chi connectivity index (χ1n) is 7.66. The van der Waals surface area contributed by atoms with Crippen LogP contribution in [0.4, 0.5) is 0 Å². The van der Waals surface area contributed by atoms with Crippen molar-refractivity contribution in [2.75, 3.05) is 0 Å². The number of hydrogen-bond donors (Lipinski definition) is 1. The zero-order chi connectivity index (χ0) is 14.0. The number of aromatic nitrogens is 1. The Hall–Kier alpha value is -0.410. The van der Waals surface area contributed by atoms with E-state index in [4.69, 9.17) is 4.98 Å². The zero-order valence-electron chi connectivity index (χ0n) is 13.0. The fourth-order valence-corrected chi connectivity index (χ4v) is 4.45. The molecule has 3 heteroatoms. The largest absolute Gasteiger partial charge is 0.303 e. The lowest BCUT2D eigenvalue weighted by Crippen LogP contribution is -2.48. The number of hydrogen-bond acceptors (Lipinski definition) is 3. The molecule has 1 saturated carbocycles. The van der Waals surface area contributed by atoms with Crippen molar-refractivity contribution in [1.29, 1.82) is 0 Å². The van der Waals surface area contributed by atoms with E-state index >= 15 is 0 Å². The van der Waals surface area contributed by atoms with Crippen LogP contribution in [0.25, 0.3) is 0 Å². The second kappa shape index (κ2) is 5.92.